The second kappa shape index (κ2) is 18.2. The fourth-order valence-electron chi connectivity index (χ4n) is 8.21. The van der Waals surface area contributed by atoms with E-state index in [1.54, 1.807) is 0 Å². The minimum Gasteiger partial charge on any atom is -0.322 e. The van der Waals surface area contributed by atoms with Gasteiger partial charge in [0.25, 0.3) is 0 Å². The van der Waals surface area contributed by atoms with E-state index < -0.39 is 144 Å². The smallest absolute Gasteiger partial charge is 0.200 e. The van der Waals surface area contributed by atoms with Gasteiger partial charge in [-0.1, -0.05) is 19.8 Å². The van der Waals surface area contributed by atoms with Gasteiger partial charge in [0.2, 0.25) is 0 Å². The molecule has 5 rings (SSSR count). The molecule has 1 aliphatic rings. The highest BCUT2D eigenvalue weighted by Gasteiger charge is 2.52. The number of unbranched alkanes of at least 4 members (excludes halogenated alkanes) is 1. The van der Waals surface area contributed by atoms with E-state index >= 15 is 35.1 Å². The summed E-state index contributed by atoms with van der Waals surface area (Å²) in [6, 6.07) is 0.986. The van der Waals surface area contributed by atoms with Crippen LogP contribution in [0.4, 0.5) is 87.8 Å². The topological polar surface area (TPSA) is 0 Å². The first kappa shape index (κ1) is 48.2. The SMILES string of the molecule is CCCC[N+](CC)(CC)C1CCCCC1.Fc1c(F)c(F)c([B-](c2c(F)c(F)c(F)c(F)c2F)(c2c(F)c(F)c(F)c(F)c2F)c2c(F)c(F)c(F)c(F)c2F)c(F)c1F. The molecule has 0 saturated heterocycles. The van der Waals surface area contributed by atoms with Crippen LogP contribution in [-0.4, -0.2) is 36.3 Å². The van der Waals surface area contributed by atoms with Crippen LogP contribution in [0, 0.1) is 116 Å². The summed E-state index contributed by atoms with van der Waals surface area (Å²) in [4.78, 5) is 0. The summed E-state index contributed by atoms with van der Waals surface area (Å²) in [7, 11) is 0. The first-order chi connectivity index (χ1) is 28.0. The summed E-state index contributed by atoms with van der Waals surface area (Å²) in [6.45, 7) is 11.2. The minimum atomic E-state index is -7.22. The van der Waals surface area contributed by atoms with Crippen molar-refractivity contribution in [2.45, 2.75) is 71.8 Å². The van der Waals surface area contributed by atoms with Gasteiger partial charge in [0.1, 0.15) is 52.7 Å². The molecule has 0 spiro atoms. The Morgan fingerprint density at radius 2 is 0.567 bits per heavy atom. The number of quaternary nitrogens is 1. The summed E-state index contributed by atoms with van der Waals surface area (Å²) in [6.07, 6.45) is 2.98. The normalized spacial score (nSPS) is 13.8. The Kier molecular flexibility index (Phi) is 14.6. The maximum absolute atomic E-state index is 15.4. The van der Waals surface area contributed by atoms with Crippen LogP contribution >= 0.6 is 0 Å². The largest absolute Gasteiger partial charge is 0.322 e. The lowest BCUT2D eigenvalue weighted by molar-refractivity contribution is -0.949. The maximum atomic E-state index is 15.4. The first-order valence-electron chi connectivity index (χ1n) is 18.1. The zero-order chi connectivity index (χ0) is 45.5. The maximum Gasteiger partial charge on any atom is 0.200 e. The standard InChI is InChI=1S/C24BF20.C14H30N/c26-5-1(6(27)14(35)21(42)13(5)34)25(2-7(28)15(36)22(43)16(37)8(2)29,3-9(30)17(38)23(44)18(39)10(3)31)4-11(32)19(40)24(45)20(41)12(4)33;1-4-7-13-15(5-2,6-3)14-11-9-8-10-12-14/h;14H,4-13H2,1-3H3/q-1;+1. The van der Waals surface area contributed by atoms with Gasteiger partial charge in [-0.3, -0.25) is 0 Å². The molecule has 0 heterocycles. The van der Waals surface area contributed by atoms with Gasteiger partial charge in [0, 0.05) is 0 Å². The quantitative estimate of drug-likeness (QED) is 0.0490. The number of rotatable bonds is 10. The van der Waals surface area contributed by atoms with Crippen molar-refractivity contribution in [3.8, 4) is 0 Å². The Bertz CT molecular complexity index is 1900. The molecule has 60 heavy (non-hydrogen) atoms. The van der Waals surface area contributed by atoms with Crippen molar-refractivity contribution in [3.05, 3.63) is 116 Å². The van der Waals surface area contributed by atoms with E-state index in [1.807, 2.05) is 0 Å². The van der Waals surface area contributed by atoms with Gasteiger partial charge in [-0.15, -0.1) is 21.9 Å². The highest BCUT2D eigenvalue weighted by molar-refractivity contribution is 7.20. The van der Waals surface area contributed by atoms with E-state index in [9.17, 15) is 52.7 Å². The lowest BCUT2D eigenvalue weighted by Crippen LogP contribution is -2.81. The lowest BCUT2D eigenvalue weighted by Gasteiger charge is -2.45. The third kappa shape index (κ3) is 7.47. The molecule has 0 radical (unpaired) electrons. The summed E-state index contributed by atoms with van der Waals surface area (Å²) in [5.74, 6) is -71.4. The van der Waals surface area contributed by atoms with Gasteiger partial charge in [0.15, 0.2) is 69.8 Å². The molecule has 1 nitrogen and oxygen atoms in total. The first-order valence-corrected chi connectivity index (χ1v) is 18.1. The fraction of sp³-hybridized carbons (Fsp3) is 0.368. The van der Waals surface area contributed by atoms with Crippen molar-refractivity contribution in [1.82, 2.24) is 0 Å². The molecule has 0 bridgehead atoms. The predicted molar refractivity (Wildman–Crippen MR) is 177 cm³/mol. The van der Waals surface area contributed by atoms with Crippen LogP contribution in [0.25, 0.3) is 0 Å². The average Bonchev–Trinajstić information content (AvgIpc) is 3.24. The third-order valence-electron chi connectivity index (χ3n) is 11.3. The second-order valence-corrected chi connectivity index (χ2v) is 14.0. The van der Waals surface area contributed by atoms with E-state index in [2.05, 4.69) is 20.8 Å². The summed E-state index contributed by atoms with van der Waals surface area (Å²) in [5.41, 5.74) is -14.3. The van der Waals surface area contributed by atoms with E-state index in [-0.39, 0.29) is 0 Å². The average molecular weight is 891 g/mol. The molecule has 0 aromatic heterocycles. The van der Waals surface area contributed by atoms with Crippen LogP contribution < -0.4 is 21.9 Å². The van der Waals surface area contributed by atoms with E-state index in [0.29, 0.717) is 0 Å². The zero-order valence-corrected chi connectivity index (χ0v) is 31.2. The Hall–Kier alpha value is -4.50. The highest BCUT2D eigenvalue weighted by atomic mass is 19.2. The van der Waals surface area contributed by atoms with Crippen LogP contribution in [0.1, 0.15) is 65.7 Å². The minimum absolute atomic E-state index is 0.986. The van der Waals surface area contributed by atoms with E-state index in [0.717, 1.165) is 6.04 Å². The molecular formula is C38H30BF20N. The number of halogens is 20. The molecule has 1 aliphatic carbocycles. The summed E-state index contributed by atoms with van der Waals surface area (Å²) < 4.78 is 295. The molecule has 0 N–H and O–H groups in total. The van der Waals surface area contributed by atoms with Crippen molar-refractivity contribution in [1.29, 1.82) is 0 Å². The number of hydrogen-bond acceptors (Lipinski definition) is 0. The van der Waals surface area contributed by atoms with E-state index in [1.165, 1.54) is 69.1 Å². The van der Waals surface area contributed by atoms with Crippen LogP contribution in [0.3, 0.4) is 0 Å². The van der Waals surface area contributed by atoms with Crippen molar-refractivity contribution in [3.63, 3.8) is 0 Å². The Morgan fingerprint density at radius 1 is 0.350 bits per heavy atom. The van der Waals surface area contributed by atoms with Crippen LogP contribution in [0.5, 0.6) is 0 Å². The van der Waals surface area contributed by atoms with Gasteiger partial charge >= 0.3 is 0 Å². The van der Waals surface area contributed by atoms with Crippen molar-refractivity contribution >= 4 is 28.0 Å². The lowest BCUT2D eigenvalue weighted by atomic mass is 9.12. The Morgan fingerprint density at radius 3 is 0.767 bits per heavy atom. The number of benzene rings is 4. The molecule has 0 unspecified atom stereocenters. The fourth-order valence-corrected chi connectivity index (χ4v) is 8.21. The van der Waals surface area contributed by atoms with Crippen molar-refractivity contribution < 1.29 is 92.3 Å². The predicted octanol–water partition coefficient (Wildman–Crippen LogP) is 9.82. The highest BCUT2D eigenvalue weighted by Crippen LogP contribution is 2.32. The molecule has 1 fully saturated rings. The molecule has 4 aromatic carbocycles. The van der Waals surface area contributed by atoms with Crippen molar-refractivity contribution in [2.24, 2.45) is 0 Å². The van der Waals surface area contributed by atoms with Gasteiger partial charge in [-0.25, -0.2) is 87.8 Å². The summed E-state index contributed by atoms with van der Waals surface area (Å²) >= 11 is 0. The Labute approximate surface area is 328 Å². The second-order valence-electron chi connectivity index (χ2n) is 14.0. The monoisotopic (exact) mass is 891 g/mol. The molecule has 4 aromatic rings. The summed E-state index contributed by atoms with van der Waals surface area (Å²) in [5, 5.41) is 0. The molecular weight excluding hydrogens is 861 g/mol. The molecule has 22 heteroatoms. The van der Waals surface area contributed by atoms with Gasteiger partial charge in [-0.2, -0.15) is 0 Å². The van der Waals surface area contributed by atoms with Gasteiger partial charge in [-0.05, 0) is 46.0 Å². The van der Waals surface area contributed by atoms with Gasteiger partial charge in [0.05, 0.1) is 25.7 Å². The number of hydrogen-bond donors (Lipinski definition) is 0. The zero-order valence-electron chi connectivity index (χ0n) is 31.2. The van der Waals surface area contributed by atoms with Crippen molar-refractivity contribution in [2.75, 3.05) is 19.6 Å². The third-order valence-corrected chi connectivity index (χ3v) is 11.3. The van der Waals surface area contributed by atoms with Crippen LogP contribution in [0.15, 0.2) is 0 Å². The Balaban J connectivity index is 0.000000445. The van der Waals surface area contributed by atoms with Crippen LogP contribution in [-0.2, 0) is 0 Å². The molecule has 0 aliphatic heterocycles. The van der Waals surface area contributed by atoms with Gasteiger partial charge < -0.3 is 4.48 Å². The molecule has 1 saturated carbocycles. The molecule has 0 amide bonds. The van der Waals surface area contributed by atoms with E-state index in [4.69, 9.17) is 0 Å². The molecule has 330 valence electrons. The molecule has 0 atom stereocenters. The van der Waals surface area contributed by atoms with Crippen LogP contribution in [0.2, 0.25) is 0 Å². The number of nitrogens with zero attached hydrogens (tertiary/aromatic N) is 1.